The summed E-state index contributed by atoms with van der Waals surface area (Å²) in [6.45, 7) is 6.69. The molecule has 1 heterocycles. The van der Waals surface area contributed by atoms with Crippen LogP contribution < -0.4 is 4.74 Å². The Morgan fingerprint density at radius 1 is 1.25 bits per heavy atom. The minimum atomic E-state index is -0.779. The van der Waals surface area contributed by atoms with Crippen LogP contribution in [0, 0.1) is 0 Å². The van der Waals surface area contributed by atoms with Gasteiger partial charge in [0.25, 0.3) is 0 Å². The van der Waals surface area contributed by atoms with Gasteiger partial charge in [0.2, 0.25) is 0 Å². The fourth-order valence-electron chi connectivity index (χ4n) is 1.63. The Balaban J connectivity index is 2.88. The number of aromatic nitrogens is 1. The monoisotopic (exact) mass is 223 g/mol. The molecule has 16 heavy (non-hydrogen) atoms. The standard InChI is InChI=1S/C13H21NO2/c1-4-7-16-12-8-11(9-14-10-12)13(15,5-2)6-3/h8-10,15H,4-7H2,1-3H3. The van der Waals surface area contributed by atoms with E-state index in [0.717, 1.165) is 17.7 Å². The molecule has 0 aromatic carbocycles. The lowest BCUT2D eigenvalue weighted by atomic mass is 9.90. The molecule has 0 aliphatic rings. The van der Waals surface area contributed by atoms with Gasteiger partial charge in [0.15, 0.2) is 0 Å². The minimum absolute atomic E-state index is 0.682. The molecule has 1 rings (SSSR count). The van der Waals surface area contributed by atoms with Gasteiger partial charge < -0.3 is 9.84 Å². The van der Waals surface area contributed by atoms with Crippen LogP contribution in [0.3, 0.4) is 0 Å². The summed E-state index contributed by atoms with van der Waals surface area (Å²) in [6.07, 6.45) is 5.73. The molecule has 1 aromatic rings. The van der Waals surface area contributed by atoms with Crippen molar-refractivity contribution in [3.05, 3.63) is 24.0 Å². The van der Waals surface area contributed by atoms with Crippen LogP contribution in [0.25, 0.3) is 0 Å². The van der Waals surface area contributed by atoms with E-state index in [1.54, 1.807) is 12.4 Å². The third kappa shape index (κ3) is 2.95. The van der Waals surface area contributed by atoms with E-state index in [1.807, 2.05) is 19.9 Å². The van der Waals surface area contributed by atoms with Crippen molar-refractivity contribution in [3.63, 3.8) is 0 Å². The first-order chi connectivity index (χ1) is 7.66. The van der Waals surface area contributed by atoms with Crippen LogP contribution in [0.2, 0.25) is 0 Å². The van der Waals surface area contributed by atoms with Gasteiger partial charge in [-0.1, -0.05) is 20.8 Å². The maximum absolute atomic E-state index is 10.4. The fourth-order valence-corrected chi connectivity index (χ4v) is 1.63. The molecule has 3 nitrogen and oxygen atoms in total. The van der Waals surface area contributed by atoms with Crippen molar-refractivity contribution in [2.45, 2.75) is 45.6 Å². The smallest absolute Gasteiger partial charge is 0.137 e. The lowest BCUT2D eigenvalue weighted by Crippen LogP contribution is -2.23. The average Bonchev–Trinajstić information content (AvgIpc) is 2.35. The molecule has 90 valence electrons. The zero-order valence-corrected chi connectivity index (χ0v) is 10.4. The number of hydrogen-bond donors (Lipinski definition) is 1. The zero-order valence-electron chi connectivity index (χ0n) is 10.4. The second kappa shape index (κ2) is 5.85. The Kier molecular flexibility index (Phi) is 4.74. The molecular formula is C13H21NO2. The van der Waals surface area contributed by atoms with E-state index < -0.39 is 5.60 Å². The number of nitrogens with zero attached hydrogens (tertiary/aromatic N) is 1. The molecule has 0 amide bonds. The van der Waals surface area contributed by atoms with Crippen LogP contribution >= 0.6 is 0 Å². The number of aliphatic hydroxyl groups is 1. The van der Waals surface area contributed by atoms with Gasteiger partial charge >= 0.3 is 0 Å². The summed E-state index contributed by atoms with van der Waals surface area (Å²) in [7, 11) is 0. The summed E-state index contributed by atoms with van der Waals surface area (Å²) < 4.78 is 5.51. The topological polar surface area (TPSA) is 42.4 Å². The molecule has 0 atom stereocenters. The van der Waals surface area contributed by atoms with E-state index in [0.29, 0.717) is 19.4 Å². The Labute approximate surface area is 97.5 Å². The average molecular weight is 223 g/mol. The third-order valence-electron chi connectivity index (χ3n) is 2.89. The van der Waals surface area contributed by atoms with Crippen LogP contribution in [-0.2, 0) is 5.60 Å². The van der Waals surface area contributed by atoms with Crippen molar-refractivity contribution in [1.29, 1.82) is 0 Å². The van der Waals surface area contributed by atoms with Gasteiger partial charge in [-0.05, 0) is 25.3 Å². The number of hydrogen-bond acceptors (Lipinski definition) is 3. The van der Waals surface area contributed by atoms with E-state index >= 15 is 0 Å². The van der Waals surface area contributed by atoms with E-state index in [9.17, 15) is 5.11 Å². The summed E-state index contributed by atoms with van der Waals surface area (Å²) in [4.78, 5) is 4.11. The van der Waals surface area contributed by atoms with Crippen LogP contribution in [-0.4, -0.2) is 16.7 Å². The highest BCUT2D eigenvalue weighted by Crippen LogP contribution is 2.29. The highest BCUT2D eigenvalue weighted by Gasteiger charge is 2.25. The zero-order chi connectivity index (χ0) is 12.0. The predicted molar refractivity (Wildman–Crippen MR) is 64.5 cm³/mol. The molecular weight excluding hydrogens is 202 g/mol. The normalized spacial score (nSPS) is 11.5. The largest absolute Gasteiger partial charge is 0.492 e. The summed E-state index contributed by atoms with van der Waals surface area (Å²) in [6, 6.07) is 1.88. The number of rotatable bonds is 6. The highest BCUT2D eigenvalue weighted by atomic mass is 16.5. The number of ether oxygens (including phenoxy) is 1. The third-order valence-corrected chi connectivity index (χ3v) is 2.89. The molecule has 0 fully saturated rings. The van der Waals surface area contributed by atoms with Gasteiger partial charge in [0, 0.05) is 11.8 Å². The Morgan fingerprint density at radius 3 is 2.50 bits per heavy atom. The van der Waals surface area contributed by atoms with Crippen molar-refractivity contribution in [1.82, 2.24) is 4.98 Å². The molecule has 0 radical (unpaired) electrons. The molecule has 0 unspecified atom stereocenters. The van der Waals surface area contributed by atoms with Crippen molar-refractivity contribution in [3.8, 4) is 5.75 Å². The molecule has 0 spiro atoms. The Bertz CT molecular complexity index is 321. The van der Waals surface area contributed by atoms with Gasteiger partial charge in [-0.25, -0.2) is 0 Å². The summed E-state index contributed by atoms with van der Waals surface area (Å²) >= 11 is 0. The summed E-state index contributed by atoms with van der Waals surface area (Å²) in [5, 5.41) is 10.4. The van der Waals surface area contributed by atoms with E-state index in [-0.39, 0.29) is 0 Å². The van der Waals surface area contributed by atoms with Gasteiger partial charge in [-0.3, -0.25) is 4.98 Å². The molecule has 1 N–H and O–H groups in total. The highest BCUT2D eigenvalue weighted by molar-refractivity contribution is 5.28. The van der Waals surface area contributed by atoms with Crippen LogP contribution in [0.1, 0.15) is 45.6 Å². The van der Waals surface area contributed by atoms with Gasteiger partial charge in [-0.2, -0.15) is 0 Å². The summed E-state index contributed by atoms with van der Waals surface area (Å²) in [5.41, 5.74) is 0.0598. The maximum Gasteiger partial charge on any atom is 0.137 e. The molecule has 0 aliphatic carbocycles. The van der Waals surface area contributed by atoms with Crippen molar-refractivity contribution < 1.29 is 9.84 Å². The van der Waals surface area contributed by atoms with Crippen molar-refractivity contribution >= 4 is 0 Å². The first-order valence-electron chi connectivity index (χ1n) is 5.97. The van der Waals surface area contributed by atoms with Gasteiger partial charge in [0.05, 0.1) is 18.4 Å². The molecule has 0 aliphatic heterocycles. The molecule has 0 bridgehead atoms. The molecule has 0 saturated carbocycles. The van der Waals surface area contributed by atoms with Crippen molar-refractivity contribution in [2.75, 3.05) is 6.61 Å². The number of pyridine rings is 1. The van der Waals surface area contributed by atoms with Crippen LogP contribution in [0.15, 0.2) is 18.5 Å². The lowest BCUT2D eigenvalue weighted by molar-refractivity contribution is 0.0278. The summed E-state index contributed by atoms with van der Waals surface area (Å²) in [5.74, 6) is 0.736. The Morgan fingerprint density at radius 2 is 1.94 bits per heavy atom. The maximum atomic E-state index is 10.4. The first-order valence-corrected chi connectivity index (χ1v) is 5.97. The predicted octanol–water partition coefficient (Wildman–Crippen LogP) is 2.88. The SMILES string of the molecule is CCCOc1cncc(C(O)(CC)CC)c1. The first kappa shape index (κ1) is 13.0. The van der Waals surface area contributed by atoms with Gasteiger partial charge in [0.1, 0.15) is 5.75 Å². The quantitative estimate of drug-likeness (QED) is 0.806. The molecule has 3 heteroatoms. The minimum Gasteiger partial charge on any atom is -0.492 e. The van der Waals surface area contributed by atoms with Crippen LogP contribution in [0.4, 0.5) is 0 Å². The van der Waals surface area contributed by atoms with E-state index in [1.165, 1.54) is 0 Å². The molecule has 0 saturated heterocycles. The second-order valence-corrected chi connectivity index (χ2v) is 4.00. The van der Waals surface area contributed by atoms with Crippen molar-refractivity contribution in [2.24, 2.45) is 0 Å². The van der Waals surface area contributed by atoms with Crippen LogP contribution in [0.5, 0.6) is 5.75 Å². The van der Waals surface area contributed by atoms with E-state index in [4.69, 9.17) is 4.74 Å². The Hall–Kier alpha value is -1.09. The van der Waals surface area contributed by atoms with Gasteiger partial charge in [-0.15, -0.1) is 0 Å². The lowest BCUT2D eigenvalue weighted by Gasteiger charge is -2.25. The van der Waals surface area contributed by atoms with E-state index in [2.05, 4.69) is 11.9 Å². The fraction of sp³-hybridized carbons (Fsp3) is 0.615. The second-order valence-electron chi connectivity index (χ2n) is 4.00. The molecule has 1 aromatic heterocycles.